The molecular formula is C15H28ClN3O2. The smallest absolute Gasteiger partial charge is 0.227 e. The van der Waals surface area contributed by atoms with E-state index in [-0.39, 0.29) is 30.1 Å². The highest BCUT2D eigenvalue weighted by Gasteiger charge is 2.32. The van der Waals surface area contributed by atoms with Gasteiger partial charge in [0.25, 0.3) is 0 Å². The number of nitrogens with one attached hydrogen (secondary N) is 1. The minimum Gasteiger partial charge on any atom is -0.342 e. The molecule has 2 unspecified atom stereocenters. The van der Waals surface area contributed by atoms with Crippen LogP contribution in [0.5, 0.6) is 0 Å². The molecule has 2 heterocycles. The fourth-order valence-electron chi connectivity index (χ4n) is 3.22. The van der Waals surface area contributed by atoms with Crippen molar-refractivity contribution in [2.75, 3.05) is 33.2 Å². The molecule has 2 atom stereocenters. The predicted octanol–water partition coefficient (Wildman–Crippen LogP) is 1.27. The van der Waals surface area contributed by atoms with Gasteiger partial charge in [-0.3, -0.25) is 9.59 Å². The van der Waals surface area contributed by atoms with Crippen molar-refractivity contribution < 1.29 is 9.59 Å². The lowest BCUT2D eigenvalue weighted by molar-refractivity contribution is -0.141. The molecule has 2 fully saturated rings. The lowest BCUT2D eigenvalue weighted by atomic mass is 9.95. The first-order valence-electron chi connectivity index (χ1n) is 7.88. The molecule has 0 bridgehead atoms. The molecule has 0 aromatic carbocycles. The number of nitrogens with zero attached hydrogens (tertiary/aromatic N) is 2. The molecule has 2 saturated heterocycles. The number of rotatable bonds is 4. The monoisotopic (exact) mass is 317 g/mol. The van der Waals surface area contributed by atoms with E-state index in [1.165, 1.54) is 0 Å². The van der Waals surface area contributed by atoms with Crippen LogP contribution in [0, 0.1) is 5.92 Å². The van der Waals surface area contributed by atoms with Crippen LogP contribution in [0.3, 0.4) is 0 Å². The molecule has 21 heavy (non-hydrogen) atoms. The molecule has 2 aliphatic heterocycles. The number of carbonyl (C=O) groups excluding carboxylic acids is 2. The summed E-state index contributed by atoms with van der Waals surface area (Å²) in [6, 6.07) is 0.323. The number of carbonyl (C=O) groups is 2. The van der Waals surface area contributed by atoms with Crippen molar-refractivity contribution in [3.05, 3.63) is 0 Å². The summed E-state index contributed by atoms with van der Waals surface area (Å²) in [5.74, 6) is 0.415. The Bertz CT molecular complexity index is 359. The van der Waals surface area contributed by atoms with Crippen molar-refractivity contribution in [1.82, 2.24) is 15.1 Å². The predicted molar refractivity (Wildman–Crippen MR) is 85.5 cm³/mol. The zero-order valence-corrected chi connectivity index (χ0v) is 14.0. The standard InChI is InChI=1S/C15H27N3O2.ClH/c1-3-5-14(19)18-9-4-6-12(11-18)15(20)17(2)13-7-8-16-10-13;/h12-13,16H,3-11H2,1-2H3;1H. The molecule has 0 spiro atoms. The highest BCUT2D eigenvalue weighted by molar-refractivity contribution is 5.85. The molecule has 0 saturated carbocycles. The Hall–Kier alpha value is -0.810. The second-order valence-corrected chi connectivity index (χ2v) is 6.02. The molecule has 2 rings (SSSR count). The Morgan fingerprint density at radius 2 is 2.10 bits per heavy atom. The first-order valence-corrected chi connectivity index (χ1v) is 7.88. The molecular weight excluding hydrogens is 290 g/mol. The largest absolute Gasteiger partial charge is 0.342 e. The van der Waals surface area contributed by atoms with Crippen LogP contribution in [0.4, 0.5) is 0 Å². The van der Waals surface area contributed by atoms with Crippen LogP contribution in [0.2, 0.25) is 0 Å². The minimum atomic E-state index is -0.00449. The van der Waals surface area contributed by atoms with E-state index in [0.29, 0.717) is 19.0 Å². The Morgan fingerprint density at radius 1 is 1.33 bits per heavy atom. The van der Waals surface area contributed by atoms with Crippen molar-refractivity contribution in [1.29, 1.82) is 0 Å². The summed E-state index contributed by atoms with van der Waals surface area (Å²) in [7, 11) is 1.91. The van der Waals surface area contributed by atoms with Gasteiger partial charge in [-0.15, -0.1) is 12.4 Å². The van der Waals surface area contributed by atoms with Crippen LogP contribution in [-0.4, -0.2) is 60.9 Å². The Kier molecular flexibility index (Phi) is 7.46. The maximum atomic E-state index is 12.6. The third kappa shape index (κ3) is 4.58. The average molecular weight is 318 g/mol. The molecule has 2 aliphatic rings. The van der Waals surface area contributed by atoms with Crippen molar-refractivity contribution in [3.8, 4) is 0 Å². The number of halogens is 1. The Labute approximate surface area is 133 Å². The van der Waals surface area contributed by atoms with Gasteiger partial charge in [0, 0.05) is 39.1 Å². The number of likely N-dealkylation sites (tertiary alicyclic amines) is 1. The highest BCUT2D eigenvalue weighted by Crippen LogP contribution is 2.21. The molecule has 0 aliphatic carbocycles. The van der Waals surface area contributed by atoms with Crippen LogP contribution in [0.1, 0.15) is 39.0 Å². The topological polar surface area (TPSA) is 52.7 Å². The normalized spacial score (nSPS) is 25.3. The molecule has 6 heteroatoms. The van der Waals surface area contributed by atoms with Crippen molar-refractivity contribution in [3.63, 3.8) is 0 Å². The minimum absolute atomic E-state index is 0. The van der Waals surface area contributed by atoms with E-state index in [2.05, 4.69) is 5.32 Å². The van der Waals surface area contributed by atoms with Crippen molar-refractivity contribution in [2.24, 2.45) is 5.92 Å². The van der Waals surface area contributed by atoms with Crippen LogP contribution < -0.4 is 5.32 Å². The van der Waals surface area contributed by atoms with Gasteiger partial charge in [0.05, 0.1) is 5.92 Å². The van der Waals surface area contributed by atoms with Crippen LogP contribution in [0.25, 0.3) is 0 Å². The van der Waals surface area contributed by atoms with E-state index < -0.39 is 0 Å². The zero-order valence-electron chi connectivity index (χ0n) is 13.1. The Morgan fingerprint density at radius 3 is 2.71 bits per heavy atom. The molecule has 1 N–H and O–H groups in total. The second kappa shape index (κ2) is 8.59. The molecule has 2 amide bonds. The molecule has 5 nitrogen and oxygen atoms in total. The van der Waals surface area contributed by atoms with E-state index in [1.54, 1.807) is 0 Å². The van der Waals surface area contributed by atoms with Crippen molar-refractivity contribution >= 4 is 24.2 Å². The average Bonchev–Trinajstić information content (AvgIpc) is 3.00. The van der Waals surface area contributed by atoms with Crippen LogP contribution >= 0.6 is 12.4 Å². The summed E-state index contributed by atoms with van der Waals surface area (Å²) in [5, 5.41) is 3.30. The van der Waals surface area contributed by atoms with Crippen LogP contribution in [0.15, 0.2) is 0 Å². The molecule has 0 aromatic rings. The van der Waals surface area contributed by atoms with Gasteiger partial charge in [-0.25, -0.2) is 0 Å². The van der Waals surface area contributed by atoms with E-state index in [9.17, 15) is 9.59 Å². The summed E-state index contributed by atoms with van der Waals surface area (Å²) < 4.78 is 0. The first kappa shape index (κ1) is 18.2. The van der Waals surface area contributed by atoms with E-state index >= 15 is 0 Å². The number of piperidine rings is 1. The third-order valence-corrected chi connectivity index (χ3v) is 4.52. The SMILES string of the molecule is CCCC(=O)N1CCCC(C(=O)N(C)C2CCNC2)C1.Cl. The van der Waals surface area contributed by atoms with E-state index in [0.717, 1.165) is 45.3 Å². The molecule has 0 aromatic heterocycles. The fourth-order valence-corrected chi connectivity index (χ4v) is 3.22. The van der Waals surface area contributed by atoms with Gasteiger partial charge in [-0.1, -0.05) is 6.92 Å². The summed E-state index contributed by atoms with van der Waals surface area (Å²) >= 11 is 0. The summed E-state index contributed by atoms with van der Waals surface area (Å²) in [5.41, 5.74) is 0. The van der Waals surface area contributed by atoms with Gasteiger partial charge < -0.3 is 15.1 Å². The first-order chi connectivity index (χ1) is 9.63. The van der Waals surface area contributed by atoms with E-state index in [4.69, 9.17) is 0 Å². The van der Waals surface area contributed by atoms with Crippen LogP contribution in [-0.2, 0) is 9.59 Å². The number of amides is 2. The van der Waals surface area contributed by atoms with Gasteiger partial charge in [-0.2, -0.15) is 0 Å². The van der Waals surface area contributed by atoms with Gasteiger partial charge in [0.1, 0.15) is 0 Å². The van der Waals surface area contributed by atoms with Gasteiger partial charge in [-0.05, 0) is 32.2 Å². The highest BCUT2D eigenvalue weighted by atomic mass is 35.5. The molecule has 122 valence electrons. The number of likely N-dealkylation sites (N-methyl/N-ethyl adjacent to an activating group) is 1. The molecule has 0 radical (unpaired) electrons. The second-order valence-electron chi connectivity index (χ2n) is 6.02. The summed E-state index contributed by atoms with van der Waals surface area (Å²) in [6.45, 7) is 5.34. The summed E-state index contributed by atoms with van der Waals surface area (Å²) in [4.78, 5) is 28.3. The number of hydrogen-bond donors (Lipinski definition) is 1. The number of hydrogen-bond acceptors (Lipinski definition) is 3. The lowest BCUT2D eigenvalue weighted by Gasteiger charge is -2.35. The van der Waals surface area contributed by atoms with Crippen molar-refractivity contribution in [2.45, 2.75) is 45.1 Å². The zero-order chi connectivity index (χ0) is 14.5. The maximum absolute atomic E-state index is 12.6. The third-order valence-electron chi connectivity index (χ3n) is 4.52. The van der Waals surface area contributed by atoms with Gasteiger partial charge >= 0.3 is 0 Å². The lowest BCUT2D eigenvalue weighted by Crippen LogP contribution is -2.48. The van der Waals surface area contributed by atoms with Gasteiger partial charge in [0.15, 0.2) is 0 Å². The Balaban J connectivity index is 0.00000220. The van der Waals surface area contributed by atoms with Gasteiger partial charge in [0.2, 0.25) is 11.8 Å². The maximum Gasteiger partial charge on any atom is 0.227 e. The fraction of sp³-hybridized carbons (Fsp3) is 0.867. The van der Waals surface area contributed by atoms with E-state index in [1.807, 2.05) is 23.8 Å². The summed E-state index contributed by atoms with van der Waals surface area (Å²) in [6.07, 6.45) is 4.38. The quantitative estimate of drug-likeness (QED) is 0.849.